The summed E-state index contributed by atoms with van der Waals surface area (Å²) in [5, 5.41) is 9.51. The van der Waals surface area contributed by atoms with Gasteiger partial charge in [0.05, 0.1) is 6.10 Å². The van der Waals surface area contributed by atoms with E-state index in [2.05, 4.69) is 24.0 Å². The molecule has 1 aliphatic rings. The zero-order chi connectivity index (χ0) is 12.3. The highest BCUT2D eigenvalue weighted by molar-refractivity contribution is 5.49. The number of aliphatic hydroxyl groups is 1. The van der Waals surface area contributed by atoms with E-state index in [1.165, 1.54) is 37.9 Å². The van der Waals surface area contributed by atoms with Gasteiger partial charge in [-0.15, -0.1) is 0 Å². The minimum Gasteiger partial charge on any atom is -0.389 e. The Hall–Kier alpha value is -1.02. The Balaban J connectivity index is 2.15. The van der Waals surface area contributed by atoms with Crippen molar-refractivity contribution in [2.75, 3.05) is 11.4 Å². The molecule has 0 saturated carbocycles. The highest BCUT2D eigenvalue weighted by Gasteiger charge is 2.20. The van der Waals surface area contributed by atoms with Crippen LogP contribution in [-0.4, -0.2) is 17.7 Å². The van der Waals surface area contributed by atoms with Gasteiger partial charge in [0.15, 0.2) is 0 Å². The van der Waals surface area contributed by atoms with Gasteiger partial charge in [0.25, 0.3) is 0 Å². The van der Waals surface area contributed by atoms with Crippen molar-refractivity contribution in [3.63, 3.8) is 0 Å². The molecule has 2 rings (SSSR count). The average molecular weight is 233 g/mol. The highest BCUT2D eigenvalue weighted by Crippen LogP contribution is 2.27. The first kappa shape index (κ1) is 12.4. The van der Waals surface area contributed by atoms with Gasteiger partial charge in [0.2, 0.25) is 0 Å². The second-order valence-corrected chi connectivity index (χ2v) is 5.02. The Kier molecular flexibility index (Phi) is 4.06. The normalized spacial score (nSPS) is 22.5. The number of hydrogen-bond donors (Lipinski definition) is 1. The summed E-state index contributed by atoms with van der Waals surface area (Å²) in [6.07, 6.45) is 4.83. The number of anilines is 1. The standard InChI is InChI=1S/C15H23NO/c1-3-14-6-4-5-11-16(14)15-9-7-13(8-10-15)12(2)17/h7-10,12,14,17H,3-6,11H2,1-2H3/t12-,14?/m0/s1. The van der Waals surface area contributed by atoms with Crippen LogP contribution in [0.25, 0.3) is 0 Å². The van der Waals surface area contributed by atoms with Gasteiger partial charge in [-0.2, -0.15) is 0 Å². The van der Waals surface area contributed by atoms with Crippen LogP contribution in [0.4, 0.5) is 5.69 Å². The second-order valence-electron chi connectivity index (χ2n) is 5.02. The number of piperidine rings is 1. The molecule has 94 valence electrons. The van der Waals surface area contributed by atoms with Crippen LogP contribution >= 0.6 is 0 Å². The Morgan fingerprint density at radius 2 is 2.00 bits per heavy atom. The molecule has 1 unspecified atom stereocenters. The Morgan fingerprint density at radius 1 is 1.29 bits per heavy atom. The van der Waals surface area contributed by atoms with Crippen LogP contribution in [0.5, 0.6) is 0 Å². The Morgan fingerprint density at radius 3 is 2.59 bits per heavy atom. The molecule has 0 radical (unpaired) electrons. The molecule has 1 N–H and O–H groups in total. The molecule has 2 heteroatoms. The van der Waals surface area contributed by atoms with Crippen molar-refractivity contribution < 1.29 is 5.11 Å². The van der Waals surface area contributed by atoms with Crippen molar-refractivity contribution in [1.82, 2.24) is 0 Å². The molecule has 2 nitrogen and oxygen atoms in total. The molecular formula is C15H23NO. The summed E-state index contributed by atoms with van der Waals surface area (Å²) in [7, 11) is 0. The molecular weight excluding hydrogens is 210 g/mol. The summed E-state index contributed by atoms with van der Waals surface area (Å²) in [5.41, 5.74) is 2.31. The van der Waals surface area contributed by atoms with Gasteiger partial charge in [-0.1, -0.05) is 19.1 Å². The van der Waals surface area contributed by atoms with Crippen molar-refractivity contribution in [3.05, 3.63) is 29.8 Å². The lowest BCUT2D eigenvalue weighted by molar-refractivity contribution is 0.199. The van der Waals surface area contributed by atoms with Gasteiger partial charge >= 0.3 is 0 Å². The number of rotatable bonds is 3. The van der Waals surface area contributed by atoms with Gasteiger partial charge in [-0.05, 0) is 50.3 Å². The summed E-state index contributed by atoms with van der Waals surface area (Å²) < 4.78 is 0. The smallest absolute Gasteiger partial charge is 0.0761 e. The largest absolute Gasteiger partial charge is 0.389 e. The van der Waals surface area contributed by atoms with Crippen molar-refractivity contribution in [2.45, 2.75) is 51.7 Å². The van der Waals surface area contributed by atoms with Crippen LogP contribution in [0.1, 0.15) is 51.2 Å². The highest BCUT2D eigenvalue weighted by atomic mass is 16.3. The zero-order valence-corrected chi connectivity index (χ0v) is 10.9. The first-order valence-corrected chi connectivity index (χ1v) is 6.77. The fourth-order valence-corrected chi connectivity index (χ4v) is 2.71. The number of benzene rings is 1. The summed E-state index contributed by atoms with van der Waals surface area (Å²) in [5.74, 6) is 0. The maximum Gasteiger partial charge on any atom is 0.0761 e. The lowest BCUT2D eigenvalue weighted by Gasteiger charge is -2.37. The van der Waals surface area contributed by atoms with Gasteiger partial charge in [-0.25, -0.2) is 0 Å². The monoisotopic (exact) mass is 233 g/mol. The van der Waals surface area contributed by atoms with Crippen LogP contribution in [0, 0.1) is 0 Å². The number of aliphatic hydroxyl groups excluding tert-OH is 1. The van der Waals surface area contributed by atoms with Crippen LogP contribution in [0.15, 0.2) is 24.3 Å². The third-order valence-electron chi connectivity index (χ3n) is 3.81. The average Bonchev–Trinajstić information content (AvgIpc) is 2.39. The fourth-order valence-electron chi connectivity index (χ4n) is 2.71. The minimum absolute atomic E-state index is 0.368. The quantitative estimate of drug-likeness (QED) is 0.863. The summed E-state index contributed by atoms with van der Waals surface area (Å²) >= 11 is 0. The third kappa shape index (κ3) is 2.81. The minimum atomic E-state index is -0.368. The van der Waals surface area contributed by atoms with Gasteiger partial charge in [-0.3, -0.25) is 0 Å². The Bertz CT molecular complexity index is 344. The van der Waals surface area contributed by atoms with Gasteiger partial charge in [0, 0.05) is 18.3 Å². The second kappa shape index (κ2) is 5.54. The molecule has 0 aromatic heterocycles. The lowest BCUT2D eigenvalue weighted by atomic mass is 9.99. The van der Waals surface area contributed by atoms with E-state index in [-0.39, 0.29) is 6.10 Å². The molecule has 1 saturated heterocycles. The molecule has 1 aliphatic heterocycles. The molecule has 0 bridgehead atoms. The maximum atomic E-state index is 9.51. The van der Waals surface area contributed by atoms with Crippen molar-refractivity contribution in [2.24, 2.45) is 0 Å². The fraction of sp³-hybridized carbons (Fsp3) is 0.600. The van der Waals surface area contributed by atoms with Gasteiger partial charge < -0.3 is 10.0 Å². The SMILES string of the molecule is CCC1CCCCN1c1ccc([C@H](C)O)cc1. The molecule has 1 aromatic rings. The molecule has 1 heterocycles. The van der Waals surface area contributed by atoms with Crippen LogP contribution in [0.2, 0.25) is 0 Å². The summed E-state index contributed by atoms with van der Waals surface area (Å²) in [4.78, 5) is 2.52. The van der Waals surface area contributed by atoms with Crippen molar-refractivity contribution in [3.8, 4) is 0 Å². The molecule has 1 fully saturated rings. The topological polar surface area (TPSA) is 23.5 Å². The van der Waals surface area contributed by atoms with E-state index in [9.17, 15) is 5.11 Å². The van der Waals surface area contributed by atoms with E-state index in [1.807, 2.05) is 19.1 Å². The number of hydrogen-bond acceptors (Lipinski definition) is 2. The van der Waals surface area contributed by atoms with Crippen molar-refractivity contribution in [1.29, 1.82) is 0 Å². The van der Waals surface area contributed by atoms with Crippen molar-refractivity contribution >= 4 is 5.69 Å². The van der Waals surface area contributed by atoms with E-state index >= 15 is 0 Å². The maximum absolute atomic E-state index is 9.51. The van der Waals surface area contributed by atoms with Crippen LogP contribution in [-0.2, 0) is 0 Å². The predicted molar refractivity (Wildman–Crippen MR) is 72.4 cm³/mol. The van der Waals surface area contributed by atoms with E-state index < -0.39 is 0 Å². The third-order valence-corrected chi connectivity index (χ3v) is 3.81. The molecule has 17 heavy (non-hydrogen) atoms. The first-order valence-electron chi connectivity index (χ1n) is 6.77. The van der Waals surface area contributed by atoms with E-state index in [1.54, 1.807) is 0 Å². The molecule has 1 aromatic carbocycles. The first-order chi connectivity index (χ1) is 8.22. The molecule has 0 spiro atoms. The summed E-state index contributed by atoms with van der Waals surface area (Å²) in [6, 6.07) is 9.08. The zero-order valence-electron chi connectivity index (χ0n) is 10.9. The molecule has 0 amide bonds. The predicted octanol–water partition coefficient (Wildman–Crippen LogP) is 3.51. The number of nitrogens with zero attached hydrogens (tertiary/aromatic N) is 1. The van der Waals surface area contributed by atoms with E-state index in [0.717, 1.165) is 5.56 Å². The van der Waals surface area contributed by atoms with Crippen LogP contribution < -0.4 is 4.90 Å². The van der Waals surface area contributed by atoms with E-state index in [0.29, 0.717) is 6.04 Å². The van der Waals surface area contributed by atoms with E-state index in [4.69, 9.17) is 0 Å². The molecule has 0 aliphatic carbocycles. The van der Waals surface area contributed by atoms with Crippen LogP contribution in [0.3, 0.4) is 0 Å². The lowest BCUT2D eigenvalue weighted by Crippen LogP contribution is -2.39. The molecule has 2 atom stereocenters. The summed E-state index contributed by atoms with van der Waals surface area (Å²) in [6.45, 7) is 5.25. The van der Waals surface area contributed by atoms with Gasteiger partial charge in [0.1, 0.15) is 0 Å². The Labute approximate surface area is 104 Å².